The van der Waals surface area contributed by atoms with Crippen LogP contribution in [-0.4, -0.2) is 22.7 Å². The summed E-state index contributed by atoms with van der Waals surface area (Å²) in [6.07, 6.45) is 9.56. The van der Waals surface area contributed by atoms with E-state index in [-0.39, 0.29) is 0 Å². The van der Waals surface area contributed by atoms with E-state index in [1.807, 2.05) is 24.7 Å². The lowest BCUT2D eigenvalue weighted by Gasteiger charge is -2.22. The second-order valence-electron chi connectivity index (χ2n) is 5.31. The van der Waals surface area contributed by atoms with Crippen LogP contribution in [0.5, 0.6) is 5.75 Å². The Morgan fingerprint density at radius 1 is 1.35 bits per heavy atom. The number of aromatic nitrogens is 2. The normalized spacial score (nSPS) is 22.1. The third-order valence-electron chi connectivity index (χ3n) is 4.13. The van der Waals surface area contributed by atoms with Gasteiger partial charge in [-0.15, -0.1) is 0 Å². The van der Waals surface area contributed by atoms with Crippen molar-refractivity contribution < 1.29 is 4.74 Å². The zero-order valence-corrected chi connectivity index (χ0v) is 11.8. The van der Waals surface area contributed by atoms with Crippen molar-refractivity contribution in [3.8, 4) is 5.75 Å². The fraction of sp³-hybridized carbons (Fsp3) is 0.438. The molecule has 0 aliphatic heterocycles. The van der Waals surface area contributed by atoms with E-state index in [1.54, 1.807) is 7.11 Å². The maximum atomic E-state index is 5.40. The highest BCUT2D eigenvalue weighted by Crippen LogP contribution is 2.30. The lowest BCUT2D eigenvalue weighted by atomic mass is 10.1. The summed E-state index contributed by atoms with van der Waals surface area (Å²) in [5.74, 6) is 0.956. The molecule has 1 heterocycles. The predicted octanol–water partition coefficient (Wildman–Crippen LogP) is 2.78. The zero-order chi connectivity index (χ0) is 13.8. The molecule has 1 saturated carbocycles. The molecule has 1 aromatic carbocycles. The maximum Gasteiger partial charge on any atom is 0.123 e. The second kappa shape index (κ2) is 6.09. The number of hydrogen-bond acceptors (Lipinski definition) is 3. The van der Waals surface area contributed by atoms with E-state index in [9.17, 15) is 0 Å². The molecule has 0 saturated heterocycles. The summed E-state index contributed by atoms with van der Waals surface area (Å²) < 4.78 is 7.63. The Morgan fingerprint density at radius 2 is 2.25 bits per heavy atom. The molecule has 3 rings (SSSR count). The van der Waals surface area contributed by atoms with Crippen LogP contribution >= 0.6 is 0 Å². The van der Waals surface area contributed by atoms with Gasteiger partial charge in [0.05, 0.1) is 13.4 Å². The van der Waals surface area contributed by atoms with Gasteiger partial charge in [0, 0.05) is 36.6 Å². The quantitative estimate of drug-likeness (QED) is 0.909. The molecule has 2 atom stereocenters. The molecular weight excluding hydrogens is 250 g/mol. The highest BCUT2D eigenvalue weighted by molar-refractivity contribution is 5.33. The SMILES string of the molecule is COc1ccccc1CNC1CCCC1n1ccnc1. The van der Waals surface area contributed by atoms with E-state index in [2.05, 4.69) is 33.2 Å². The van der Waals surface area contributed by atoms with Crippen molar-refractivity contribution in [2.45, 2.75) is 37.9 Å². The van der Waals surface area contributed by atoms with Crippen LogP contribution in [0.15, 0.2) is 43.0 Å². The van der Waals surface area contributed by atoms with Crippen molar-refractivity contribution in [2.75, 3.05) is 7.11 Å². The molecule has 20 heavy (non-hydrogen) atoms. The molecule has 2 unspecified atom stereocenters. The lowest BCUT2D eigenvalue weighted by Crippen LogP contribution is -2.33. The van der Waals surface area contributed by atoms with Crippen LogP contribution in [0.4, 0.5) is 0 Å². The van der Waals surface area contributed by atoms with Gasteiger partial charge in [0.1, 0.15) is 5.75 Å². The lowest BCUT2D eigenvalue weighted by molar-refractivity contribution is 0.379. The zero-order valence-electron chi connectivity index (χ0n) is 11.8. The molecule has 1 N–H and O–H groups in total. The van der Waals surface area contributed by atoms with Gasteiger partial charge in [0.25, 0.3) is 0 Å². The van der Waals surface area contributed by atoms with E-state index < -0.39 is 0 Å². The van der Waals surface area contributed by atoms with E-state index >= 15 is 0 Å². The van der Waals surface area contributed by atoms with Crippen LogP contribution in [0.25, 0.3) is 0 Å². The number of rotatable bonds is 5. The van der Waals surface area contributed by atoms with Crippen LogP contribution in [0, 0.1) is 0 Å². The minimum atomic E-state index is 0.508. The van der Waals surface area contributed by atoms with Gasteiger partial charge < -0.3 is 14.6 Å². The van der Waals surface area contributed by atoms with Gasteiger partial charge in [0.2, 0.25) is 0 Å². The van der Waals surface area contributed by atoms with E-state index in [0.29, 0.717) is 12.1 Å². The number of imidazole rings is 1. The molecule has 0 amide bonds. The summed E-state index contributed by atoms with van der Waals surface area (Å²) in [6, 6.07) is 9.22. The molecule has 0 spiro atoms. The molecular formula is C16H21N3O. The van der Waals surface area contributed by atoms with Crippen LogP contribution in [0.3, 0.4) is 0 Å². The van der Waals surface area contributed by atoms with Crippen molar-refractivity contribution in [3.63, 3.8) is 0 Å². The van der Waals surface area contributed by atoms with Crippen LogP contribution in [0.1, 0.15) is 30.9 Å². The number of ether oxygens (including phenoxy) is 1. The largest absolute Gasteiger partial charge is 0.496 e. The number of hydrogen-bond donors (Lipinski definition) is 1. The molecule has 1 fully saturated rings. The molecule has 1 aliphatic carbocycles. The first kappa shape index (κ1) is 13.2. The van der Waals surface area contributed by atoms with Gasteiger partial charge >= 0.3 is 0 Å². The molecule has 0 bridgehead atoms. The molecule has 1 aromatic heterocycles. The summed E-state index contributed by atoms with van der Waals surface area (Å²) >= 11 is 0. The number of nitrogens with one attached hydrogen (secondary N) is 1. The molecule has 4 nitrogen and oxygen atoms in total. The van der Waals surface area contributed by atoms with Crippen LogP contribution in [0.2, 0.25) is 0 Å². The van der Waals surface area contributed by atoms with Gasteiger partial charge in [-0.1, -0.05) is 18.2 Å². The molecule has 2 aromatic rings. The fourth-order valence-electron chi connectivity index (χ4n) is 3.09. The Balaban J connectivity index is 1.65. The van der Waals surface area contributed by atoms with E-state index in [4.69, 9.17) is 4.74 Å². The third-order valence-corrected chi connectivity index (χ3v) is 4.13. The van der Waals surface area contributed by atoms with Crippen molar-refractivity contribution in [3.05, 3.63) is 48.5 Å². The van der Waals surface area contributed by atoms with Crippen molar-refractivity contribution in [1.29, 1.82) is 0 Å². The third kappa shape index (κ3) is 2.70. The predicted molar refractivity (Wildman–Crippen MR) is 78.7 cm³/mol. The van der Waals surface area contributed by atoms with E-state index in [1.165, 1.54) is 24.8 Å². The van der Waals surface area contributed by atoms with Crippen LogP contribution in [-0.2, 0) is 6.54 Å². The Hall–Kier alpha value is -1.81. The fourth-order valence-corrected chi connectivity index (χ4v) is 3.09. The first-order valence-corrected chi connectivity index (χ1v) is 7.21. The van der Waals surface area contributed by atoms with Crippen molar-refractivity contribution in [1.82, 2.24) is 14.9 Å². The smallest absolute Gasteiger partial charge is 0.123 e. The summed E-state index contributed by atoms with van der Waals surface area (Å²) in [6.45, 7) is 0.847. The van der Waals surface area contributed by atoms with Gasteiger partial charge in [-0.2, -0.15) is 0 Å². The number of methoxy groups -OCH3 is 1. The van der Waals surface area contributed by atoms with Crippen molar-refractivity contribution >= 4 is 0 Å². The van der Waals surface area contributed by atoms with Crippen molar-refractivity contribution in [2.24, 2.45) is 0 Å². The average Bonchev–Trinajstić information content (AvgIpc) is 3.15. The van der Waals surface area contributed by atoms with Gasteiger partial charge in [-0.3, -0.25) is 0 Å². The minimum absolute atomic E-state index is 0.508. The summed E-state index contributed by atoms with van der Waals surface area (Å²) in [5.41, 5.74) is 1.21. The van der Waals surface area contributed by atoms with Gasteiger partial charge in [-0.05, 0) is 25.3 Å². The average molecular weight is 271 g/mol. The molecule has 106 valence electrons. The Morgan fingerprint density at radius 3 is 3.05 bits per heavy atom. The molecule has 0 radical (unpaired) electrons. The molecule has 1 aliphatic rings. The van der Waals surface area contributed by atoms with E-state index in [0.717, 1.165) is 12.3 Å². The summed E-state index contributed by atoms with van der Waals surface area (Å²) in [5, 5.41) is 3.68. The Kier molecular flexibility index (Phi) is 4.02. The molecule has 4 heteroatoms. The first-order chi connectivity index (χ1) is 9.88. The first-order valence-electron chi connectivity index (χ1n) is 7.21. The highest BCUT2D eigenvalue weighted by atomic mass is 16.5. The second-order valence-corrected chi connectivity index (χ2v) is 5.31. The highest BCUT2D eigenvalue weighted by Gasteiger charge is 2.27. The Labute approximate surface area is 119 Å². The maximum absolute atomic E-state index is 5.40. The number of nitrogens with zero attached hydrogens (tertiary/aromatic N) is 2. The number of para-hydroxylation sites is 1. The number of benzene rings is 1. The van der Waals surface area contributed by atoms with Crippen LogP contribution < -0.4 is 10.1 Å². The standard InChI is InChI=1S/C16H21N3O/c1-20-16-8-3-2-5-13(16)11-18-14-6-4-7-15(14)19-10-9-17-12-19/h2-3,5,8-10,12,14-15,18H,4,6-7,11H2,1H3. The minimum Gasteiger partial charge on any atom is -0.496 e. The van der Waals surface area contributed by atoms with Gasteiger partial charge in [0.15, 0.2) is 0 Å². The Bertz CT molecular complexity index is 538. The van der Waals surface area contributed by atoms with Gasteiger partial charge in [-0.25, -0.2) is 4.98 Å². The summed E-state index contributed by atoms with van der Waals surface area (Å²) in [4.78, 5) is 4.16. The monoisotopic (exact) mass is 271 g/mol. The summed E-state index contributed by atoms with van der Waals surface area (Å²) in [7, 11) is 1.72. The topological polar surface area (TPSA) is 39.1 Å².